The van der Waals surface area contributed by atoms with E-state index in [-0.39, 0.29) is 0 Å². The minimum absolute atomic E-state index is 0.408. The van der Waals surface area contributed by atoms with Crippen LogP contribution in [-0.4, -0.2) is 20.6 Å². The van der Waals surface area contributed by atoms with Crippen LogP contribution in [0.4, 0.5) is 0 Å². The first kappa shape index (κ1) is 11.6. The number of aliphatic carboxylic acids is 1. The Kier molecular flexibility index (Phi) is 2.88. The van der Waals surface area contributed by atoms with Gasteiger partial charge in [0, 0.05) is 6.54 Å². The van der Waals surface area contributed by atoms with Crippen LogP contribution < -0.4 is 0 Å². The van der Waals surface area contributed by atoms with E-state index in [0.717, 1.165) is 11.0 Å². The summed E-state index contributed by atoms with van der Waals surface area (Å²) in [5.74, 6) is -1.19. The largest absolute Gasteiger partial charge is 0.481 e. The van der Waals surface area contributed by atoms with Crippen molar-refractivity contribution in [2.45, 2.75) is 27.3 Å². The molecule has 0 unspecified atom stereocenters. The summed E-state index contributed by atoms with van der Waals surface area (Å²) in [5.41, 5.74) is 4.32. The van der Waals surface area contributed by atoms with Crippen molar-refractivity contribution in [3.8, 4) is 0 Å². The highest BCUT2D eigenvalue weighted by molar-refractivity contribution is 5.77. The van der Waals surface area contributed by atoms with Crippen molar-refractivity contribution in [3.63, 3.8) is 0 Å². The van der Waals surface area contributed by atoms with Crippen molar-refractivity contribution in [3.05, 3.63) is 29.6 Å². The zero-order chi connectivity index (χ0) is 12.6. The lowest BCUT2D eigenvalue weighted by atomic mass is 10.1. The number of rotatable bonds is 3. The van der Waals surface area contributed by atoms with E-state index in [4.69, 9.17) is 5.11 Å². The van der Waals surface area contributed by atoms with Crippen LogP contribution in [0, 0.1) is 19.8 Å². The molecule has 0 radical (unpaired) electrons. The fraction of sp³-hybridized carbons (Fsp3) is 0.385. The number of carboxylic acids is 1. The third-order valence-corrected chi connectivity index (χ3v) is 3.13. The Morgan fingerprint density at radius 3 is 2.71 bits per heavy atom. The highest BCUT2D eigenvalue weighted by Gasteiger charge is 2.13. The summed E-state index contributed by atoms with van der Waals surface area (Å²) < 4.78 is 1.90. The molecule has 1 N–H and O–H groups in total. The smallest absolute Gasteiger partial charge is 0.308 e. The number of aryl methyl sites for hydroxylation is 2. The Morgan fingerprint density at radius 2 is 2.06 bits per heavy atom. The van der Waals surface area contributed by atoms with Crippen molar-refractivity contribution < 1.29 is 9.90 Å². The van der Waals surface area contributed by atoms with E-state index in [0.29, 0.717) is 6.54 Å². The molecule has 0 bridgehead atoms. The van der Waals surface area contributed by atoms with Crippen molar-refractivity contribution in [2.75, 3.05) is 0 Å². The molecule has 0 aliphatic carbocycles. The van der Waals surface area contributed by atoms with Gasteiger partial charge in [0.1, 0.15) is 0 Å². The molecule has 0 saturated carbocycles. The van der Waals surface area contributed by atoms with Crippen LogP contribution in [0.25, 0.3) is 11.0 Å². The summed E-state index contributed by atoms with van der Waals surface area (Å²) in [7, 11) is 0. The maximum atomic E-state index is 10.8. The number of hydrogen-bond acceptors (Lipinski definition) is 2. The molecule has 1 atom stereocenters. The number of carbonyl (C=O) groups is 1. The first-order valence-corrected chi connectivity index (χ1v) is 5.64. The lowest BCUT2D eigenvalue weighted by Gasteiger charge is -2.09. The third kappa shape index (κ3) is 2.16. The average molecular weight is 232 g/mol. The minimum Gasteiger partial charge on any atom is -0.481 e. The molecule has 0 amide bonds. The molecular formula is C13H16N2O2. The number of aromatic nitrogens is 2. The van der Waals surface area contributed by atoms with Crippen LogP contribution in [0.2, 0.25) is 0 Å². The molecule has 0 saturated heterocycles. The Balaban J connectivity index is 2.42. The van der Waals surface area contributed by atoms with Crippen LogP contribution in [0.5, 0.6) is 0 Å². The second kappa shape index (κ2) is 4.20. The van der Waals surface area contributed by atoms with Crippen LogP contribution >= 0.6 is 0 Å². The quantitative estimate of drug-likeness (QED) is 0.883. The van der Waals surface area contributed by atoms with Crippen molar-refractivity contribution in [1.82, 2.24) is 9.55 Å². The Hall–Kier alpha value is -1.84. The maximum absolute atomic E-state index is 10.8. The van der Waals surface area contributed by atoms with Gasteiger partial charge < -0.3 is 9.67 Å². The van der Waals surface area contributed by atoms with E-state index in [1.807, 2.05) is 24.5 Å². The molecule has 17 heavy (non-hydrogen) atoms. The first-order chi connectivity index (χ1) is 7.99. The molecule has 2 aromatic rings. The monoisotopic (exact) mass is 232 g/mol. The number of hydrogen-bond donors (Lipinski definition) is 1. The molecule has 4 nitrogen and oxygen atoms in total. The highest BCUT2D eigenvalue weighted by atomic mass is 16.4. The zero-order valence-corrected chi connectivity index (χ0v) is 10.3. The van der Waals surface area contributed by atoms with Gasteiger partial charge in [-0.05, 0) is 37.1 Å². The van der Waals surface area contributed by atoms with Gasteiger partial charge in [-0.2, -0.15) is 0 Å². The third-order valence-electron chi connectivity index (χ3n) is 3.13. The van der Waals surface area contributed by atoms with Gasteiger partial charge in [-0.15, -0.1) is 0 Å². The Bertz CT molecular complexity index is 572. The van der Waals surface area contributed by atoms with Crippen LogP contribution in [-0.2, 0) is 11.3 Å². The van der Waals surface area contributed by atoms with E-state index in [1.54, 1.807) is 13.3 Å². The summed E-state index contributed by atoms with van der Waals surface area (Å²) in [6.07, 6.45) is 1.71. The maximum Gasteiger partial charge on any atom is 0.308 e. The standard InChI is InChI=1S/C13H16N2O2/c1-8-4-11-12(5-9(8)2)15(7-14-11)6-10(3)13(16)17/h4-5,7,10H,6H2,1-3H3,(H,16,17)/t10-/m0/s1. The van der Waals surface area contributed by atoms with Crippen molar-refractivity contribution in [2.24, 2.45) is 5.92 Å². The average Bonchev–Trinajstić information content (AvgIpc) is 2.62. The molecule has 90 valence electrons. The first-order valence-electron chi connectivity index (χ1n) is 5.64. The summed E-state index contributed by atoms with van der Waals surface area (Å²) in [4.78, 5) is 15.2. The molecule has 1 aromatic carbocycles. The second-order valence-electron chi connectivity index (χ2n) is 4.56. The molecule has 0 fully saturated rings. The number of carboxylic acid groups (broad SMARTS) is 1. The molecule has 1 heterocycles. The Labute approximate surface area is 99.9 Å². The molecular weight excluding hydrogens is 216 g/mol. The summed E-state index contributed by atoms with van der Waals surface area (Å²) in [5, 5.41) is 8.92. The summed E-state index contributed by atoms with van der Waals surface area (Å²) >= 11 is 0. The zero-order valence-electron chi connectivity index (χ0n) is 10.3. The fourth-order valence-electron chi connectivity index (χ4n) is 1.83. The van der Waals surface area contributed by atoms with Gasteiger partial charge in [0.25, 0.3) is 0 Å². The fourth-order valence-corrected chi connectivity index (χ4v) is 1.83. The van der Waals surface area contributed by atoms with Gasteiger partial charge in [-0.1, -0.05) is 6.92 Å². The SMILES string of the molecule is Cc1cc2ncn(C[C@H](C)C(=O)O)c2cc1C. The summed E-state index contributed by atoms with van der Waals surface area (Å²) in [6, 6.07) is 4.10. The Morgan fingerprint density at radius 1 is 1.41 bits per heavy atom. The summed E-state index contributed by atoms with van der Waals surface area (Å²) in [6.45, 7) is 6.25. The second-order valence-corrected chi connectivity index (χ2v) is 4.56. The van der Waals surface area contributed by atoms with Gasteiger partial charge in [0.05, 0.1) is 23.3 Å². The lowest BCUT2D eigenvalue weighted by Crippen LogP contribution is -2.16. The molecule has 2 rings (SSSR count). The predicted octanol–water partition coefficient (Wildman–Crippen LogP) is 2.37. The molecule has 1 aromatic heterocycles. The molecule has 0 aliphatic heterocycles. The van der Waals surface area contributed by atoms with E-state index in [2.05, 4.69) is 11.1 Å². The molecule has 4 heteroatoms. The number of nitrogens with zero attached hydrogens (tertiary/aromatic N) is 2. The lowest BCUT2D eigenvalue weighted by molar-refractivity contribution is -0.141. The van der Waals surface area contributed by atoms with Crippen LogP contribution in [0.1, 0.15) is 18.1 Å². The topological polar surface area (TPSA) is 55.1 Å². The van der Waals surface area contributed by atoms with Crippen LogP contribution in [0.15, 0.2) is 18.5 Å². The molecule has 0 aliphatic rings. The van der Waals surface area contributed by atoms with Gasteiger partial charge in [0.15, 0.2) is 0 Å². The van der Waals surface area contributed by atoms with E-state index >= 15 is 0 Å². The van der Waals surface area contributed by atoms with Crippen LogP contribution in [0.3, 0.4) is 0 Å². The number of benzene rings is 1. The van der Waals surface area contributed by atoms with E-state index < -0.39 is 11.9 Å². The minimum atomic E-state index is -0.782. The van der Waals surface area contributed by atoms with Gasteiger partial charge >= 0.3 is 5.97 Å². The van der Waals surface area contributed by atoms with Gasteiger partial charge in [-0.25, -0.2) is 4.98 Å². The van der Waals surface area contributed by atoms with Crippen molar-refractivity contribution >= 4 is 17.0 Å². The highest BCUT2D eigenvalue weighted by Crippen LogP contribution is 2.19. The van der Waals surface area contributed by atoms with Gasteiger partial charge in [-0.3, -0.25) is 4.79 Å². The van der Waals surface area contributed by atoms with E-state index in [1.165, 1.54) is 11.1 Å². The predicted molar refractivity (Wildman–Crippen MR) is 66.0 cm³/mol. The van der Waals surface area contributed by atoms with Gasteiger partial charge in [0.2, 0.25) is 0 Å². The number of imidazole rings is 1. The van der Waals surface area contributed by atoms with E-state index in [9.17, 15) is 4.79 Å². The number of fused-ring (bicyclic) bond motifs is 1. The molecule has 0 spiro atoms. The van der Waals surface area contributed by atoms with Crippen molar-refractivity contribution in [1.29, 1.82) is 0 Å². The normalized spacial score (nSPS) is 12.9.